The Morgan fingerprint density at radius 1 is 1.57 bits per heavy atom. The molecule has 7 nitrogen and oxygen atoms in total. The Morgan fingerprint density at radius 2 is 2.43 bits per heavy atom. The van der Waals surface area contributed by atoms with Crippen LogP contribution in [0, 0.1) is 11.3 Å². The largest absolute Gasteiger partial charge is 0.461 e. The first kappa shape index (κ1) is 8.25. The van der Waals surface area contributed by atoms with Gasteiger partial charge in [-0.25, -0.2) is 4.98 Å². The molecule has 0 bridgehead atoms. The Morgan fingerprint density at radius 3 is 3.21 bits per heavy atom. The van der Waals surface area contributed by atoms with Gasteiger partial charge in [-0.2, -0.15) is 15.2 Å². The number of hydrogen-bond acceptors (Lipinski definition) is 6. The highest BCUT2D eigenvalue weighted by Gasteiger charge is 2.09. The topological polar surface area (TPSA) is 113 Å². The molecule has 0 spiro atoms. The first-order valence-electron chi connectivity index (χ1n) is 3.77. The summed E-state index contributed by atoms with van der Waals surface area (Å²) in [6.45, 7) is -0.0988. The molecular formula is C7H6N6O. The Bertz CT molecular complexity index is 498. The number of nitrogens with one attached hydrogen (secondary N) is 1. The van der Waals surface area contributed by atoms with E-state index in [0.717, 1.165) is 0 Å². The molecular weight excluding hydrogens is 184 g/mol. The monoisotopic (exact) mass is 190 g/mol. The van der Waals surface area contributed by atoms with Crippen molar-refractivity contribution in [1.29, 1.82) is 5.26 Å². The Labute approximate surface area is 78.6 Å². The molecule has 0 saturated carbocycles. The first-order chi connectivity index (χ1) is 6.81. The highest BCUT2D eigenvalue weighted by atomic mass is 16.5. The lowest BCUT2D eigenvalue weighted by atomic mass is 10.5. The van der Waals surface area contributed by atoms with E-state index in [0.29, 0.717) is 11.2 Å². The van der Waals surface area contributed by atoms with Crippen LogP contribution in [0.15, 0.2) is 6.33 Å². The standard InChI is InChI=1S/C7H6N6O/c8-1-2-14-6-4-5(11-3-10-4)12-7(9)13-6/h3H,2H2,(H3,9,10,11,12,13). The van der Waals surface area contributed by atoms with Crippen molar-refractivity contribution in [2.24, 2.45) is 0 Å². The number of anilines is 1. The van der Waals surface area contributed by atoms with Crippen LogP contribution in [0.1, 0.15) is 0 Å². The van der Waals surface area contributed by atoms with Gasteiger partial charge in [0.15, 0.2) is 17.8 Å². The number of nitrogens with two attached hydrogens (primary N) is 1. The van der Waals surface area contributed by atoms with E-state index in [-0.39, 0.29) is 18.4 Å². The van der Waals surface area contributed by atoms with Gasteiger partial charge in [-0.1, -0.05) is 0 Å². The van der Waals surface area contributed by atoms with Crippen molar-refractivity contribution in [1.82, 2.24) is 19.9 Å². The molecule has 0 aliphatic carbocycles. The summed E-state index contributed by atoms with van der Waals surface area (Å²) < 4.78 is 5.03. The Balaban J connectivity index is 2.51. The molecule has 2 rings (SSSR count). The van der Waals surface area contributed by atoms with Gasteiger partial charge in [0.25, 0.3) is 0 Å². The van der Waals surface area contributed by atoms with Gasteiger partial charge in [0.1, 0.15) is 6.07 Å². The maximum atomic E-state index is 8.34. The smallest absolute Gasteiger partial charge is 0.248 e. The number of ether oxygens (including phenoxy) is 1. The predicted octanol–water partition coefficient (Wildman–Crippen LogP) is -0.163. The second kappa shape index (κ2) is 3.18. The summed E-state index contributed by atoms with van der Waals surface area (Å²) in [5, 5.41) is 8.34. The predicted molar refractivity (Wildman–Crippen MR) is 47.2 cm³/mol. The van der Waals surface area contributed by atoms with Crippen LogP contribution >= 0.6 is 0 Å². The zero-order valence-corrected chi connectivity index (χ0v) is 7.06. The van der Waals surface area contributed by atoms with Gasteiger partial charge in [-0.05, 0) is 0 Å². The van der Waals surface area contributed by atoms with Gasteiger partial charge in [-0.15, -0.1) is 0 Å². The lowest BCUT2D eigenvalue weighted by Gasteiger charge is -2.00. The van der Waals surface area contributed by atoms with E-state index >= 15 is 0 Å². The summed E-state index contributed by atoms with van der Waals surface area (Å²) >= 11 is 0. The minimum atomic E-state index is -0.0988. The van der Waals surface area contributed by atoms with Crippen molar-refractivity contribution < 1.29 is 4.74 Å². The number of H-pyrrole nitrogens is 1. The van der Waals surface area contributed by atoms with Gasteiger partial charge in [0, 0.05) is 0 Å². The maximum absolute atomic E-state index is 8.34. The average molecular weight is 190 g/mol. The van der Waals surface area contributed by atoms with Crippen molar-refractivity contribution in [2.45, 2.75) is 0 Å². The number of nitriles is 1. The summed E-state index contributed by atoms with van der Waals surface area (Å²) in [5.74, 6) is 0.296. The number of hydrogen-bond donors (Lipinski definition) is 2. The highest BCUT2D eigenvalue weighted by Crippen LogP contribution is 2.19. The molecule has 0 aromatic carbocycles. The number of aromatic amines is 1. The number of fused-ring (bicyclic) bond motifs is 1. The molecule has 2 heterocycles. The van der Waals surface area contributed by atoms with Crippen molar-refractivity contribution in [3.05, 3.63) is 6.33 Å². The van der Waals surface area contributed by atoms with Gasteiger partial charge < -0.3 is 15.5 Å². The molecule has 3 N–H and O–H groups in total. The van der Waals surface area contributed by atoms with Crippen LogP contribution in [-0.4, -0.2) is 26.5 Å². The summed E-state index contributed by atoms with van der Waals surface area (Å²) in [6, 6.07) is 1.83. The lowest BCUT2D eigenvalue weighted by Crippen LogP contribution is -2.01. The maximum Gasteiger partial charge on any atom is 0.248 e. The number of nitrogen functional groups attached to an aromatic ring is 1. The third-order valence-electron chi connectivity index (χ3n) is 1.54. The second-order valence-electron chi connectivity index (χ2n) is 2.43. The number of imidazole rings is 1. The fraction of sp³-hybridized carbons (Fsp3) is 0.143. The highest BCUT2D eigenvalue weighted by molar-refractivity contribution is 5.76. The summed E-state index contributed by atoms with van der Waals surface area (Å²) in [4.78, 5) is 14.4. The lowest BCUT2D eigenvalue weighted by molar-refractivity contribution is 0.357. The van der Waals surface area contributed by atoms with Gasteiger partial charge in [0.05, 0.1) is 6.33 Å². The number of rotatable bonds is 2. The molecule has 70 valence electrons. The zero-order valence-electron chi connectivity index (χ0n) is 7.06. The number of aromatic nitrogens is 4. The van der Waals surface area contributed by atoms with Crippen molar-refractivity contribution in [3.63, 3.8) is 0 Å². The minimum Gasteiger partial charge on any atom is -0.461 e. The van der Waals surface area contributed by atoms with E-state index in [1.54, 1.807) is 0 Å². The van der Waals surface area contributed by atoms with Crippen LogP contribution in [0.3, 0.4) is 0 Å². The van der Waals surface area contributed by atoms with Gasteiger partial charge >= 0.3 is 0 Å². The van der Waals surface area contributed by atoms with Crippen molar-refractivity contribution in [3.8, 4) is 11.9 Å². The zero-order chi connectivity index (χ0) is 9.97. The minimum absolute atomic E-state index is 0.0784. The quantitative estimate of drug-likeness (QED) is 0.679. The molecule has 0 aliphatic rings. The Kier molecular flexibility index (Phi) is 1.87. The van der Waals surface area contributed by atoms with Crippen LogP contribution in [0.2, 0.25) is 0 Å². The SMILES string of the molecule is N#CCOc1nc(N)nc2[nH]cnc12. The van der Waals surface area contributed by atoms with E-state index in [4.69, 9.17) is 15.7 Å². The molecule has 0 aliphatic heterocycles. The molecule has 0 amide bonds. The normalized spacial score (nSPS) is 9.93. The first-order valence-corrected chi connectivity index (χ1v) is 3.77. The molecule has 14 heavy (non-hydrogen) atoms. The molecule has 0 fully saturated rings. The molecule has 2 aromatic heterocycles. The van der Waals surface area contributed by atoms with Crippen LogP contribution in [-0.2, 0) is 0 Å². The van der Waals surface area contributed by atoms with Crippen LogP contribution in [0.4, 0.5) is 5.95 Å². The van der Waals surface area contributed by atoms with Crippen molar-refractivity contribution >= 4 is 17.1 Å². The van der Waals surface area contributed by atoms with Crippen molar-refractivity contribution in [2.75, 3.05) is 12.3 Å². The van der Waals surface area contributed by atoms with Gasteiger partial charge in [-0.3, -0.25) is 0 Å². The van der Waals surface area contributed by atoms with E-state index in [1.807, 2.05) is 6.07 Å². The fourth-order valence-electron chi connectivity index (χ4n) is 1.03. The van der Waals surface area contributed by atoms with E-state index in [2.05, 4.69) is 19.9 Å². The second-order valence-corrected chi connectivity index (χ2v) is 2.43. The van der Waals surface area contributed by atoms with E-state index < -0.39 is 0 Å². The third-order valence-corrected chi connectivity index (χ3v) is 1.54. The average Bonchev–Trinajstić information content (AvgIpc) is 2.61. The fourth-order valence-corrected chi connectivity index (χ4v) is 1.03. The van der Waals surface area contributed by atoms with Gasteiger partial charge in [0.2, 0.25) is 11.8 Å². The molecule has 2 aromatic rings. The number of nitrogens with zero attached hydrogens (tertiary/aromatic N) is 4. The van der Waals surface area contributed by atoms with Crippen LogP contribution < -0.4 is 10.5 Å². The molecule has 0 radical (unpaired) electrons. The summed E-state index contributed by atoms with van der Waals surface area (Å²) in [5.41, 5.74) is 6.38. The summed E-state index contributed by atoms with van der Waals surface area (Å²) in [6.07, 6.45) is 1.46. The molecule has 7 heteroatoms. The molecule has 0 saturated heterocycles. The van der Waals surface area contributed by atoms with E-state index in [1.165, 1.54) is 6.33 Å². The Hall–Kier alpha value is -2.36. The van der Waals surface area contributed by atoms with Crippen LogP contribution in [0.25, 0.3) is 11.2 Å². The van der Waals surface area contributed by atoms with Crippen LogP contribution in [0.5, 0.6) is 5.88 Å². The molecule has 0 unspecified atom stereocenters. The summed E-state index contributed by atoms with van der Waals surface area (Å²) in [7, 11) is 0. The molecule has 0 atom stereocenters. The third kappa shape index (κ3) is 1.29. The van der Waals surface area contributed by atoms with E-state index in [9.17, 15) is 0 Å².